The molecule has 106 valence electrons. The molecule has 0 aromatic heterocycles. The summed E-state index contributed by atoms with van der Waals surface area (Å²) in [5.74, 6) is 0.271. The highest BCUT2D eigenvalue weighted by molar-refractivity contribution is 6.17. The molecule has 1 aliphatic carbocycles. The van der Waals surface area contributed by atoms with Crippen molar-refractivity contribution in [1.82, 2.24) is 0 Å². The minimum Gasteiger partial charge on any atom is -0.507 e. The van der Waals surface area contributed by atoms with Crippen LogP contribution < -0.4 is 4.74 Å². The predicted octanol–water partition coefficient (Wildman–Crippen LogP) is 2.93. The van der Waals surface area contributed by atoms with Crippen LogP contribution in [0, 0.1) is 0 Å². The number of hydrogen-bond acceptors (Lipinski definition) is 4. The van der Waals surface area contributed by atoms with Crippen LogP contribution in [0.1, 0.15) is 21.5 Å². The summed E-state index contributed by atoms with van der Waals surface area (Å²) in [7, 11) is 1.47. The normalized spacial score (nSPS) is 15.3. The molecule has 0 fully saturated rings. The van der Waals surface area contributed by atoms with E-state index in [0.29, 0.717) is 23.3 Å². The predicted molar refractivity (Wildman–Crippen MR) is 78.8 cm³/mol. The lowest BCUT2D eigenvalue weighted by Crippen LogP contribution is -1.96. The second-order valence-corrected chi connectivity index (χ2v) is 4.92. The number of rotatable bonds is 2. The van der Waals surface area contributed by atoms with Crippen LogP contribution in [-0.4, -0.2) is 23.1 Å². The Labute approximate surface area is 121 Å². The van der Waals surface area contributed by atoms with E-state index in [1.54, 1.807) is 24.3 Å². The number of methoxy groups -OCH3 is 1. The van der Waals surface area contributed by atoms with Crippen LogP contribution in [0.5, 0.6) is 17.2 Å². The van der Waals surface area contributed by atoms with Gasteiger partial charge in [0.05, 0.1) is 12.7 Å². The van der Waals surface area contributed by atoms with Gasteiger partial charge in [-0.1, -0.05) is 18.2 Å². The van der Waals surface area contributed by atoms with E-state index in [4.69, 9.17) is 4.74 Å². The van der Waals surface area contributed by atoms with E-state index in [2.05, 4.69) is 0 Å². The molecule has 0 heterocycles. The Kier molecular flexibility index (Phi) is 3.14. The zero-order chi connectivity index (χ0) is 15.0. The molecule has 2 aromatic rings. The first kappa shape index (κ1) is 13.2. The quantitative estimate of drug-likeness (QED) is 0.831. The molecule has 2 N–H and O–H groups in total. The summed E-state index contributed by atoms with van der Waals surface area (Å²) in [6, 6.07) is 9.98. The lowest BCUT2D eigenvalue weighted by atomic mass is 10.1. The second kappa shape index (κ2) is 4.98. The zero-order valence-electron chi connectivity index (χ0n) is 11.5. The van der Waals surface area contributed by atoms with E-state index >= 15 is 0 Å². The zero-order valence-corrected chi connectivity index (χ0v) is 11.5. The third kappa shape index (κ3) is 2.25. The number of carbonyl (C=O) groups is 1. The summed E-state index contributed by atoms with van der Waals surface area (Å²) in [5.41, 5.74) is 2.59. The summed E-state index contributed by atoms with van der Waals surface area (Å²) in [6.07, 6.45) is 2.25. The average molecular weight is 282 g/mol. The maximum absolute atomic E-state index is 12.3. The van der Waals surface area contributed by atoms with Crippen molar-refractivity contribution in [3.05, 3.63) is 58.7 Å². The second-order valence-electron chi connectivity index (χ2n) is 4.92. The number of ether oxygens (including phenoxy) is 1. The molecule has 4 heteroatoms. The van der Waals surface area contributed by atoms with Crippen LogP contribution in [0.2, 0.25) is 0 Å². The van der Waals surface area contributed by atoms with Gasteiger partial charge in [0.2, 0.25) is 0 Å². The van der Waals surface area contributed by atoms with E-state index in [1.807, 2.05) is 6.07 Å². The van der Waals surface area contributed by atoms with Gasteiger partial charge < -0.3 is 14.9 Å². The lowest BCUT2D eigenvalue weighted by molar-refractivity contribution is 0.103. The monoisotopic (exact) mass is 282 g/mol. The first-order valence-electron chi connectivity index (χ1n) is 6.53. The Hall–Kier alpha value is -2.75. The molecule has 0 amide bonds. The number of carbonyl (C=O) groups excluding carboxylic acids is 1. The van der Waals surface area contributed by atoms with Crippen molar-refractivity contribution in [2.24, 2.45) is 0 Å². The number of allylic oxidation sites excluding steroid dienone is 1. The van der Waals surface area contributed by atoms with Gasteiger partial charge in [0, 0.05) is 12.0 Å². The maximum Gasteiger partial charge on any atom is 0.193 e. The van der Waals surface area contributed by atoms with Crippen molar-refractivity contribution in [2.75, 3.05) is 7.11 Å². The van der Waals surface area contributed by atoms with Gasteiger partial charge in [0.25, 0.3) is 0 Å². The minimum atomic E-state index is -0.157. The van der Waals surface area contributed by atoms with Crippen molar-refractivity contribution in [3.63, 3.8) is 0 Å². The highest BCUT2D eigenvalue weighted by Crippen LogP contribution is 2.34. The third-order valence-electron chi connectivity index (χ3n) is 3.57. The minimum absolute atomic E-state index is 0.0178. The fourth-order valence-corrected chi connectivity index (χ4v) is 2.54. The van der Waals surface area contributed by atoms with Crippen molar-refractivity contribution in [1.29, 1.82) is 0 Å². The molecule has 0 radical (unpaired) electrons. The fourth-order valence-electron chi connectivity index (χ4n) is 2.54. The molecule has 3 rings (SSSR count). The Morgan fingerprint density at radius 3 is 2.67 bits per heavy atom. The topological polar surface area (TPSA) is 66.8 Å². The van der Waals surface area contributed by atoms with Crippen molar-refractivity contribution < 1.29 is 19.7 Å². The molecule has 0 saturated heterocycles. The molecular formula is C17H14O4. The number of fused-ring (bicyclic) bond motifs is 1. The van der Waals surface area contributed by atoms with Crippen LogP contribution in [0.4, 0.5) is 0 Å². The number of benzene rings is 2. The maximum atomic E-state index is 12.3. The van der Waals surface area contributed by atoms with Crippen LogP contribution in [0.25, 0.3) is 6.08 Å². The molecule has 21 heavy (non-hydrogen) atoms. The Bertz CT molecular complexity index is 759. The molecule has 0 bridgehead atoms. The standard InChI is InChI=1S/C17H14O4/c1-21-15-8-10(5-6-13(15)18)7-12-9-11-3-2-4-14(19)16(11)17(12)20/h2-8,18-19H,9H2,1H3/b12-7+. The molecule has 0 saturated carbocycles. The van der Waals surface area contributed by atoms with E-state index in [9.17, 15) is 15.0 Å². The molecule has 0 unspecified atom stereocenters. The SMILES string of the molecule is COc1cc(/C=C2\Cc3cccc(O)c3C2=O)ccc1O. The third-order valence-corrected chi connectivity index (χ3v) is 3.57. The fraction of sp³-hybridized carbons (Fsp3) is 0.118. The van der Waals surface area contributed by atoms with Gasteiger partial charge in [0.15, 0.2) is 17.3 Å². The largest absolute Gasteiger partial charge is 0.507 e. The number of hydrogen-bond donors (Lipinski definition) is 2. The van der Waals surface area contributed by atoms with Crippen LogP contribution in [-0.2, 0) is 6.42 Å². The summed E-state index contributed by atoms with van der Waals surface area (Å²) < 4.78 is 5.05. The van der Waals surface area contributed by atoms with Crippen molar-refractivity contribution >= 4 is 11.9 Å². The van der Waals surface area contributed by atoms with Gasteiger partial charge >= 0.3 is 0 Å². The highest BCUT2D eigenvalue weighted by atomic mass is 16.5. The van der Waals surface area contributed by atoms with Gasteiger partial charge in [-0.2, -0.15) is 0 Å². The number of phenolic OH excluding ortho intramolecular Hbond substituents is 2. The van der Waals surface area contributed by atoms with Gasteiger partial charge in [-0.15, -0.1) is 0 Å². The van der Waals surface area contributed by atoms with Crippen LogP contribution in [0.3, 0.4) is 0 Å². The van der Waals surface area contributed by atoms with Crippen LogP contribution >= 0.6 is 0 Å². The van der Waals surface area contributed by atoms with Crippen molar-refractivity contribution in [2.45, 2.75) is 6.42 Å². The summed E-state index contributed by atoms with van der Waals surface area (Å²) in [6.45, 7) is 0. The first-order chi connectivity index (χ1) is 10.1. The molecule has 1 aliphatic rings. The first-order valence-corrected chi connectivity index (χ1v) is 6.53. The average Bonchev–Trinajstić information content (AvgIpc) is 2.79. The molecule has 2 aromatic carbocycles. The van der Waals surface area contributed by atoms with E-state index < -0.39 is 0 Å². The molecule has 0 atom stereocenters. The van der Waals surface area contributed by atoms with E-state index in [-0.39, 0.29) is 17.3 Å². The molecule has 0 spiro atoms. The molecule has 0 aliphatic heterocycles. The summed E-state index contributed by atoms with van der Waals surface area (Å²) in [5, 5.41) is 19.4. The van der Waals surface area contributed by atoms with E-state index in [1.165, 1.54) is 19.2 Å². The molecular weight excluding hydrogens is 268 g/mol. The number of phenols is 2. The summed E-state index contributed by atoms with van der Waals surface area (Å²) in [4.78, 5) is 12.3. The van der Waals surface area contributed by atoms with Gasteiger partial charge in [0.1, 0.15) is 5.75 Å². The highest BCUT2D eigenvalue weighted by Gasteiger charge is 2.27. The van der Waals surface area contributed by atoms with Crippen LogP contribution in [0.15, 0.2) is 42.0 Å². The number of aromatic hydroxyl groups is 2. The Morgan fingerprint density at radius 2 is 1.95 bits per heavy atom. The number of ketones is 1. The summed E-state index contributed by atoms with van der Waals surface area (Å²) >= 11 is 0. The van der Waals surface area contributed by atoms with Crippen molar-refractivity contribution in [3.8, 4) is 17.2 Å². The van der Waals surface area contributed by atoms with E-state index in [0.717, 1.165) is 11.1 Å². The number of Topliss-reactive ketones (excluding diaryl/α,β-unsaturated/α-hetero) is 1. The van der Waals surface area contributed by atoms with Gasteiger partial charge in [-0.25, -0.2) is 0 Å². The van der Waals surface area contributed by atoms with Gasteiger partial charge in [-0.05, 0) is 35.4 Å². The smallest absolute Gasteiger partial charge is 0.193 e. The Morgan fingerprint density at radius 1 is 1.14 bits per heavy atom. The van der Waals surface area contributed by atoms with Gasteiger partial charge in [-0.3, -0.25) is 4.79 Å². The lowest BCUT2D eigenvalue weighted by Gasteiger charge is -2.04. The molecule has 4 nitrogen and oxygen atoms in total. The Balaban J connectivity index is 2.00.